The van der Waals surface area contributed by atoms with Gasteiger partial charge < -0.3 is 5.11 Å². The minimum Gasteiger partial charge on any atom is -0.382 e. The highest BCUT2D eigenvalue weighted by atomic mass is 16.3. The van der Waals surface area contributed by atoms with Crippen LogP contribution in [0.1, 0.15) is 19.4 Å². The van der Waals surface area contributed by atoms with E-state index in [1.165, 1.54) is 19.9 Å². The Morgan fingerprint density at radius 1 is 1.57 bits per heavy atom. The summed E-state index contributed by atoms with van der Waals surface area (Å²) in [7, 11) is 0. The number of nitrogens with zero attached hydrogens (tertiary/aromatic N) is 1. The summed E-state index contributed by atoms with van der Waals surface area (Å²) in [6.45, 7) is 2.92. The number of ketones is 1. The van der Waals surface area contributed by atoms with Gasteiger partial charge in [0.05, 0.1) is 0 Å². The maximum absolute atomic E-state index is 11.3. The summed E-state index contributed by atoms with van der Waals surface area (Å²) in [5.41, 5.74) is -0.469. The number of rotatable bonds is 3. The zero-order valence-corrected chi connectivity index (χ0v) is 8.27. The molecular formula is C11H13NO2. The van der Waals surface area contributed by atoms with Crippen molar-refractivity contribution < 1.29 is 9.90 Å². The Kier molecular flexibility index (Phi) is 3.14. The Hall–Kier alpha value is -1.48. The van der Waals surface area contributed by atoms with E-state index in [1.54, 1.807) is 24.5 Å². The minimum atomic E-state index is -1.31. The zero-order chi connectivity index (χ0) is 10.6. The van der Waals surface area contributed by atoms with Crippen LogP contribution >= 0.6 is 0 Å². The van der Waals surface area contributed by atoms with Gasteiger partial charge in [-0.2, -0.15) is 0 Å². The molecule has 74 valence electrons. The van der Waals surface area contributed by atoms with Crippen LogP contribution in [-0.2, 0) is 4.79 Å². The first-order chi connectivity index (χ1) is 6.50. The van der Waals surface area contributed by atoms with Gasteiger partial charge in [0, 0.05) is 12.4 Å². The van der Waals surface area contributed by atoms with Crippen molar-refractivity contribution in [3.8, 4) is 0 Å². The molecule has 0 saturated heterocycles. The second-order valence-corrected chi connectivity index (χ2v) is 3.54. The molecule has 0 amide bonds. The number of carbonyl (C=O) groups is 1. The SMILES string of the molecule is CC(C)(O)C(=O)/C=C/c1cccnc1. The van der Waals surface area contributed by atoms with Crippen LogP contribution in [0.5, 0.6) is 0 Å². The van der Waals surface area contributed by atoms with Crippen molar-refractivity contribution in [2.75, 3.05) is 0 Å². The van der Waals surface area contributed by atoms with Crippen LogP contribution in [0.25, 0.3) is 6.08 Å². The first-order valence-electron chi connectivity index (χ1n) is 4.35. The van der Waals surface area contributed by atoms with Crippen molar-refractivity contribution in [2.24, 2.45) is 0 Å². The van der Waals surface area contributed by atoms with Crippen molar-refractivity contribution in [1.82, 2.24) is 4.98 Å². The van der Waals surface area contributed by atoms with Crippen LogP contribution < -0.4 is 0 Å². The molecular weight excluding hydrogens is 178 g/mol. The second-order valence-electron chi connectivity index (χ2n) is 3.54. The van der Waals surface area contributed by atoms with Gasteiger partial charge in [0.2, 0.25) is 0 Å². The topological polar surface area (TPSA) is 50.2 Å². The Bertz CT molecular complexity index is 336. The molecule has 0 aliphatic carbocycles. The number of aliphatic hydroxyl groups is 1. The first kappa shape index (κ1) is 10.6. The molecule has 0 spiro atoms. The summed E-state index contributed by atoms with van der Waals surface area (Å²) >= 11 is 0. The summed E-state index contributed by atoms with van der Waals surface area (Å²) < 4.78 is 0. The van der Waals surface area contributed by atoms with E-state index in [4.69, 9.17) is 0 Å². The minimum absolute atomic E-state index is 0.318. The van der Waals surface area contributed by atoms with Gasteiger partial charge >= 0.3 is 0 Å². The molecule has 1 heterocycles. The van der Waals surface area contributed by atoms with Gasteiger partial charge in [-0.25, -0.2) is 0 Å². The van der Waals surface area contributed by atoms with E-state index < -0.39 is 5.60 Å². The van der Waals surface area contributed by atoms with Crippen LogP contribution in [0.15, 0.2) is 30.6 Å². The second kappa shape index (κ2) is 4.15. The summed E-state index contributed by atoms with van der Waals surface area (Å²) in [5, 5.41) is 9.35. The maximum atomic E-state index is 11.3. The molecule has 0 atom stereocenters. The average Bonchev–Trinajstić information content (AvgIpc) is 2.14. The summed E-state index contributed by atoms with van der Waals surface area (Å²) in [6, 6.07) is 3.62. The molecule has 0 unspecified atom stereocenters. The molecule has 0 fully saturated rings. The lowest BCUT2D eigenvalue weighted by molar-refractivity contribution is -0.128. The molecule has 0 bridgehead atoms. The van der Waals surface area contributed by atoms with Gasteiger partial charge in [-0.05, 0) is 37.6 Å². The highest BCUT2D eigenvalue weighted by Crippen LogP contribution is 2.06. The number of pyridine rings is 1. The van der Waals surface area contributed by atoms with E-state index in [9.17, 15) is 9.90 Å². The largest absolute Gasteiger partial charge is 0.382 e. The van der Waals surface area contributed by atoms with Gasteiger partial charge in [0.15, 0.2) is 5.78 Å². The molecule has 1 aromatic heterocycles. The van der Waals surface area contributed by atoms with E-state index in [1.807, 2.05) is 6.07 Å². The Balaban J connectivity index is 2.71. The van der Waals surface area contributed by atoms with E-state index in [0.29, 0.717) is 0 Å². The maximum Gasteiger partial charge on any atom is 0.186 e. The standard InChI is InChI=1S/C11H13NO2/c1-11(2,14)10(13)6-5-9-4-3-7-12-8-9/h3-8,14H,1-2H3/b6-5+. The summed E-state index contributed by atoms with van der Waals surface area (Å²) in [4.78, 5) is 15.2. The third-order valence-electron chi connectivity index (χ3n) is 1.71. The number of hydrogen-bond donors (Lipinski definition) is 1. The van der Waals surface area contributed by atoms with Crippen LogP contribution in [0.2, 0.25) is 0 Å². The van der Waals surface area contributed by atoms with Crippen LogP contribution in [-0.4, -0.2) is 21.5 Å². The molecule has 0 aliphatic heterocycles. The van der Waals surface area contributed by atoms with Gasteiger partial charge in [0.25, 0.3) is 0 Å². The average molecular weight is 191 g/mol. The molecule has 0 aliphatic rings. The lowest BCUT2D eigenvalue weighted by Crippen LogP contribution is -2.29. The van der Waals surface area contributed by atoms with Gasteiger partial charge in [-0.15, -0.1) is 0 Å². The first-order valence-corrected chi connectivity index (χ1v) is 4.35. The third kappa shape index (κ3) is 3.11. The predicted molar refractivity (Wildman–Crippen MR) is 54.6 cm³/mol. The molecule has 0 radical (unpaired) electrons. The molecule has 1 N–H and O–H groups in total. The van der Waals surface area contributed by atoms with Crippen molar-refractivity contribution in [3.63, 3.8) is 0 Å². The van der Waals surface area contributed by atoms with Gasteiger partial charge in [0.1, 0.15) is 5.60 Å². The molecule has 3 heteroatoms. The number of carbonyl (C=O) groups excluding carboxylic acids is 1. The van der Waals surface area contributed by atoms with Crippen LogP contribution in [0.4, 0.5) is 0 Å². The Morgan fingerprint density at radius 3 is 2.79 bits per heavy atom. The van der Waals surface area contributed by atoms with Crippen LogP contribution in [0.3, 0.4) is 0 Å². The lowest BCUT2D eigenvalue weighted by Gasteiger charge is -2.11. The third-order valence-corrected chi connectivity index (χ3v) is 1.71. The molecule has 14 heavy (non-hydrogen) atoms. The smallest absolute Gasteiger partial charge is 0.186 e. The molecule has 0 saturated carbocycles. The van der Waals surface area contributed by atoms with Crippen LogP contribution in [0, 0.1) is 0 Å². The monoisotopic (exact) mass is 191 g/mol. The van der Waals surface area contributed by atoms with E-state index in [-0.39, 0.29) is 5.78 Å². The predicted octanol–water partition coefficient (Wildman–Crippen LogP) is 1.43. The van der Waals surface area contributed by atoms with E-state index in [0.717, 1.165) is 5.56 Å². The zero-order valence-electron chi connectivity index (χ0n) is 8.27. The Morgan fingerprint density at radius 2 is 2.29 bits per heavy atom. The molecule has 3 nitrogen and oxygen atoms in total. The fraction of sp³-hybridized carbons (Fsp3) is 0.273. The normalized spacial score (nSPS) is 11.9. The van der Waals surface area contributed by atoms with Crippen molar-refractivity contribution in [1.29, 1.82) is 0 Å². The highest BCUT2D eigenvalue weighted by Gasteiger charge is 2.20. The summed E-state index contributed by atoms with van der Waals surface area (Å²) in [5.74, 6) is -0.318. The van der Waals surface area contributed by atoms with E-state index in [2.05, 4.69) is 4.98 Å². The fourth-order valence-corrected chi connectivity index (χ4v) is 0.850. The quantitative estimate of drug-likeness (QED) is 0.735. The Labute approximate surface area is 83.1 Å². The van der Waals surface area contributed by atoms with E-state index >= 15 is 0 Å². The van der Waals surface area contributed by atoms with Gasteiger partial charge in [-0.1, -0.05) is 6.07 Å². The molecule has 0 aromatic carbocycles. The fourth-order valence-electron chi connectivity index (χ4n) is 0.850. The number of aromatic nitrogens is 1. The lowest BCUT2D eigenvalue weighted by atomic mass is 10.0. The molecule has 1 aromatic rings. The number of hydrogen-bond acceptors (Lipinski definition) is 3. The van der Waals surface area contributed by atoms with Crippen molar-refractivity contribution in [3.05, 3.63) is 36.2 Å². The highest BCUT2D eigenvalue weighted by molar-refractivity contribution is 5.99. The van der Waals surface area contributed by atoms with Gasteiger partial charge in [-0.3, -0.25) is 9.78 Å². The summed E-state index contributed by atoms with van der Waals surface area (Å²) in [6.07, 6.45) is 6.30. The van der Waals surface area contributed by atoms with Crippen molar-refractivity contribution in [2.45, 2.75) is 19.4 Å². The van der Waals surface area contributed by atoms with Crippen molar-refractivity contribution >= 4 is 11.9 Å². The molecule has 1 rings (SSSR count).